The van der Waals surface area contributed by atoms with E-state index in [1.54, 1.807) is 6.92 Å². The molecule has 0 aliphatic heterocycles. The number of carboxylic acid groups (broad SMARTS) is 1. The van der Waals surface area contributed by atoms with Crippen LogP contribution >= 0.6 is 0 Å². The molecule has 124 valence electrons. The minimum atomic E-state index is -0.783. The number of aliphatic carboxylic acids is 1. The molecule has 0 radical (unpaired) electrons. The van der Waals surface area contributed by atoms with Gasteiger partial charge < -0.3 is 9.59 Å². The van der Waals surface area contributed by atoms with Gasteiger partial charge in [-0.3, -0.25) is 0 Å². The number of quaternary nitrogens is 1. The van der Waals surface area contributed by atoms with Gasteiger partial charge in [-0.2, -0.15) is 0 Å². The summed E-state index contributed by atoms with van der Waals surface area (Å²) in [5.74, 6) is -0.783. The SMILES string of the molecule is CCCCCCCCCCC/C(=C(/C)C(=O)O)[N+](C)(C)C. The van der Waals surface area contributed by atoms with Gasteiger partial charge in [0.2, 0.25) is 0 Å². The fourth-order valence-corrected chi connectivity index (χ4v) is 2.75. The minimum Gasteiger partial charge on any atom is -0.478 e. The third kappa shape index (κ3) is 9.67. The van der Waals surface area contributed by atoms with E-state index < -0.39 is 5.97 Å². The van der Waals surface area contributed by atoms with E-state index in [4.69, 9.17) is 0 Å². The summed E-state index contributed by atoms with van der Waals surface area (Å²) in [6.07, 6.45) is 12.6. The second-order valence-corrected chi connectivity index (χ2v) is 6.97. The number of unbranched alkanes of at least 4 members (excludes halogenated alkanes) is 8. The lowest BCUT2D eigenvalue weighted by Gasteiger charge is -2.28. The smallest absolute Gasteiger partial charge is 0.336 e. The van der Waals surface area contributed by atoms with Crippen molar-refractivity contribution in [3.63, 3.8) is 0 Å². The van der Waals surface area contributed by atoms with Crippen molar-refractivity contribution in [1.29, 1.82) is 0 Å². The third-order valence-electron chi connectivity index (χ3n) is 4.08. The number of carboxylic acids is 1. The van der Waals surface area contributed by atoms with Gasteiger partial charge >= 0.3 is 5.97 Å². The van der Waals surface area contributed by atoms with Gasteiger partial charge in [0, 0.05) is 6.42 Å². The van der Waals surface area contributed by atoms with Crippen LogP contribution in [0.1, 0.15) is 78.1 Å². The Morgan fingerprint density at radius 2 is 1.29 bits per heavy atom. The molecule has 3 heteroatoms. The molecule has 0 fully saturated rings. The van der Waals surface area contributed by atoms with E-state index in [0.717, 1.165) is 18.5 Å². The molecule has 0 saturated carbocycles. The van der Waals surface area contributed by atoms with Crippen molar-refractivity contribution in [2.45, 2.75) is 78.1 Å². The summed E-state index contributed by atoms with van der Waals surface area (Å²) in [4.78, 5) is 11.2. The first-order chi connectivity index (χ1) is 9.80. The normalized spacial score (nSPS) is 13.2. The van der Waals surface area contributed by atoms with Crippen LogP contribution in [-0.2, 0) is 4.79 Å². The van der Waals surface area contributed by atoms with Gasteiger partial charge in [-0.1, -0.05) is 58.3 Å². The van der Waals surface area contributed by atoms with Crippen LogP contribution in [0, 0.1) is 0 Å². The van der Waals surface area contributed by atoms with Crippen LogP contribution in [0.25, 0.3) is 0 Å². The van der Waals surface area contributed by atoms with E-state index in [1.807, 2.05) is 0 Å². The van der Waals surface area contributed by atoms with Crippen LogP contribution in [0.2, 0.25) is 0 Å². The zero-order valence-corrected chi connectivity index (χ0v) is 14.9. The van der Waals surface area contributed by atoms with Crippen LogP contribution in [0.5, 0.6) is 0 Å². The number of nitrogens with zero attached hydrogens (tertiary/aromatic N) is 1. The zero-order chi connectivity index (χ0) is 16.3. The van der Waals surface area contributed by atoms with E-state index in [2.05, 4.69) is 28.1 Å². The van der Waals surface area contributed by atoms with Crippen LogP contribution in [0.4, 0.5) is 0 Å². The number of carbonyl (C=O) groups is 1. The number of hydrogen-bond donors (Lipinski definition) is 1. The molecule has 0 bridgehead atoms. The van der Waals surface area contributed by atoms with Gasteiger partial charge in [0.05, 0.1) is 26.7 Å². The van der Waals surface area contributed by atoms with Crippen molar-refractivity contribution < 1.29 is 14.4 Å². The van der Waals surface area contributed by atoms with Crippen LogP contribution in [-0.4, -0.2) is 36.7 Å². The van der Waals surface area contributed by atoms with Crippen molar-refractivity contribution in [1.82, 2.24) is 0 Å². The van der Waals surface area contributed by atoms with Crippen molar-refractivity contribution >= 4 is 5.97 Å². The number of rotatable bonds is 12. The predicted molar refractivity (Wildman–Crippen MR) is 90.2 cm³/mol. The lowest BCUT2D eigenvalue weighted by atomic mass is 10.0. The summed E-state index contributed by atoms with van der Waals surface area (Å²) in [6.45, 7) is 3.98. The molecule has 0 amide bonds. The Hall–Kier alpha value is -0.830. The Balaban J connectivity index is 3.97. The average Bonchev–Trinajstić information content (AvgIpc) is 2.38. The first kappa shape index (κ1) is 20.2. The van der Waals surface area contributed by atoms with Gasteiger partial charge in [-0.15, -0.1) is 0 Å². The van der Waals surface area contributed by atoms with Crippen molar-refractivity contribution in [3.05, 3.63) is 11.3 Å². The van der Waals surface area contributed by atoms with E-state index in [0.29, 0.717) is 10.1 Å². The first-order valence-electron chi connectivity index (χ1n) is 8.55. The zero-order valence-electron chi connectivity index (χ0n) is 14.9. The quantitative estimate of drug-likeness (QED) is 0.314. The van der Waals surface area contributed by atoms with E-state index in [-0.39, 0.29) is 0 Å². The van der Waals surface area contributed by atoms with Gasteiger partial charge in [0.25, 0.3) is 0 Å². The van der Waals surface area contributed by atoms with Gasteiger partial charge in [-0.05, 0) is 13.3 Å². The van der Waals surface area contributed by atoms with Crippen LogP contribution in [0.3, 0.4) is 0 Å². The molecule has 0 heterocycles. The molecular formula is C18H36NO2+. The Bertz CT molecular complexity index is 327. The predicted octanol–water partition coefficient (Wildman–Crippen LogP) is 4.97. The fourth-order valence-electron chi connectivity index (χ4n) is 2.75. The van der Waals surface area contributed by atoms with Crippen molar-refractivity contribution in [3.8, 4) is 0 Å². The van der Waals surface area contributed by atoms with Crippen LogP contribution in [0.15, 0.2) is 11.3 Å². The molecule has 21 heavy (non-hydrogen) atoms. The molecule has 0 aliphatic carbocycles. The topological polar surface area (TPSA) is 37.3 Å². The molecule has 0 aliphatic rings. The molecule has 0 saturated heterocycles. The standard InChI is InChI=1S/C18H35NO2/c1-6-7-8-9-10-11-12-13-14-15-17(19(3,4)5)16(2)18(20)21/h6-15H2,1-5H3/p+1/b17-16+. The summed E-state index contributed by atoms with van der Waals surface area (Å²) in [6, 6.07) is 0. The number of hydrogen-bond acceptors (Lipinski definition) is 1. The first-order valence-corrected chi connectivity index (χ1v) is 8.55. The minimum absolute atomic E-state index is 0.516. The molecule has 0 aromatic carbocycles. The van der Waals surface area contributed by atoms with E-state index in [9.17, 15) is 9.90 Å². The highest BCUT2D eigenvalue weighted by Crippen LogP contribution is 2.21. The monoisotopic (exact) mass is 298 g/mol. The molecule has 0 atom stereocenters. The molecular weight excluding hydrogens is 262 g/mol. The summed E-state index contributed by atoms with van der Waals surface area (Å²) in [5, 5.41) is 9.19. The highest BCUT2D eigenvalue weighted by Gasteiger charge is 2.22. The highest BCUT2D eigenvalue weighted by molar-refractivity contribution is 5.86. The summed E-state index contributed by atoms with van der Waals surface area (Å²) in [7, 11) is 6.15. The second kappa shape index (κ2) is 10.8. The second-order valence-electron chi connectivity index (χ2n) is 6.97. The molecule has 0 aromatic heterocycles. The Labute approximate surface area is 131 Å². The maximum absolute atomic E-state index is 11.2. The van der Waals surface area contributed by atoms with Gasteiger partial charge in [0.1, 0.15) is 5.70 Å². The van der Waals surface area contributed by atoms with Crippen LogP contribution < -0.4 is 0 Å². The molecule has 0 unspecified atom stereocenters. The summed E-state index contributed by atoms with van der Waals surface area (Å²) in [5.41, 5.74) is 1.56. The third-order valence-corrected chi connectivity index (χ3v) is 4.08. The lowest BCUT2D eigenvalue weighted by molar-refractivity contribution is -0.833. The van der Waals surface area contributed by atoms with Crippen molar-refractivity contribution in [2.24, 2.45) is 0 Å². The average molecular weight is 298 g/mol. The Kier molecular flexibility index (Phi) is 10.4. The number of allylic oxidation sites excluding steroid dienone is 1. The highest BCUT2D eigenvalue weighted by atomic mass is 16.4. The lowest BCUT2D eigenvalue weighted by Crippen LogP contribution is -2.35. The Morgan fingerprint density at radius 3 is 1.67 bits per heavy atom. The van der Waals surface area contributed by atoms with Gasteiger partial charge in [-0.25, -0.2) is 4.79 Å². The fraction of sp³-hybridized carbons (Fsp3) is 0.833. The molecule has 3 nitrogen and oxygen atoms in total. The summed E-state index contributed by atoms with van der Waals surface area (Å²) < 4.78 is 0.620. The molecule has 1 N–H and O–H groups in total. The molecule has 0 rings (SSSR count). The largest absolute Gasteiger partial charge is 0.478 e. The van der Waals surface area contributed by atoms with E-state index >= 15 is 0 Å². The molecule has 0 spiro atoms. The van der Waals surface area contributed by atoms with Crippen molar-refractivity contribution in [2.75, 3.05) is 21.1 Å². The van der Waals surface area contributed by atoms with Gasteiger partial charge in [0.15, 0.2) is 0 Å². The maximum Gasteiger partial charge on any atom is 0.336 e. The maximum atomic E-state index is 11.2. The summed E-state index contributed by atoms with van der Waals surface area (Å²) >= 11 is 0. The molecule has 0 aromatic rings. The van der Waals surface area contributed by atoms with E-state index in [1.165, 1.54) is 51.4 Å². The Morgan fingerprint density at radius 1 is 0.857 bits per heavy atom.